The summed E-state index contributed by atoms with van der Waals surface area (Å²) in [4.78, 5) is 11.1. The van der Waals surface area contributed by atoms with Crippen LogP contribution in [0, 0.1) is 5.92 Å². The molecule has 0 aromatic carbocycles. The van der Waals surface area contributed by atoms with Crippen LogP contribution in [0.5, 0.6) is 0 Å². The van der Waals surface area contributed by atoms with Crippen molar-refractivity contribution >= 4 is 5.82 Å². The highest BCUT2D eigenvalue weighted by atomic mass is 16.3. The van der Waals surface area contributed by atoms with E-state index in [4.69, 9.17) is 0 Å². The molecule has 1 aromatic heterocycles. The lowest BCUT2D eigenvalue weighted by molar-refractivity contribution is 0.244. The molecule has 1 aromatic rings. The molecule has 4 nitrogen and oxygen atoms in total. The Balaban J connectivity index is 1.97. The number of aliphatic hydroxyl groups is 1. The maximum atomic E-state index is 9.53. The minimum absolute atomic E-state index is 0.222. The summed E-state index contributed by atoms with van der Waals surface area (Å²) >= 11 is 0. The summed E-state index contributed by atoms with van der Waals surface area (Å²) in [5.41, 5.74) is 2.53. The fraction of sp³-hybridized carbons (Fsp3) is 0.692. The predicted molar refractivity (Wildman–Crippen MR) is 66.1 cm³/mol. The standard InChI is InChI=1S/C13H19N3O/c1-9-5-6-16(12(9)7-17)13-10-3-2-4-11(10)14-8-15-13/h8-9,12,17H,2-7H2,1H3. The molecule has 0 spiro atoms. The summed E-state index contributed by atoms with van der Waals surface area (Å²) in [6, 6.07) is 0.231. The van der Waals surface area contributed by atoms with Gasteiger partial charge in [0.25, 0.3) is 0 Å². The average Bonchev–Trinajstić information content (AvgIpc) is 2.94. The molecule has 1 saturated heterocycles. The van der Waals surface area contributed by atoms with Crippen LogP contribution in [-0.2, 0) is 12.8 Å². The van der Waals surface area contributed by atoms with Crippen LogP contribution < -0.4 is 4.90 Å². The van der Waals surface area contributed by atoms with E-state index in [1.807, 2.05) is 0 Å². The fourth-order valence-electron chi connectivity index (χ4n) is 3.14. The second-order valence-corrected chi connectivity index (χ2v) is 5.19. The van der Waals surface area contributed by atoms with Gasteiger partial charge < -0.3 is 10.0 Å². The van der Waals surface area contributed by atoms with E-state index < -0.39 is 0 Å². The normalized spacial score (nSPS) is 27.5. The Morgan fingerprint density at radius 2 is 2.29 bits per heavy atom. The van der Waals surface area contributed by atoms with Crippen LogP contribution in [0.2, 0.25) is 0 Å². The van der Waals surface area contributed by atoms with E-state index >= 15 is 0 Å². The van der Waals surface area contributed by atoms with Gasteiger partial charge >= 0.3 is 0 Å². The van der Waals surface area contributed by atoms with Gasteiger partial charge in [0.15, 0.2) is 0 Å². The van der Waals surface area contributed by atoms with Gasteiger partial charge in [-0.3, -0.25) is 0 Å². The Morgan fingerprint density at radius 1 is 1.41 bits per heavy atom. The van der Waals surface area contributed by atoms with Crippen molar-refractivity contribution in [2.45, 2.75) is 38.6 Å². The van der Waals surface area contributed by atoms with Crippen molar-refractivity contribution in [2.24, 2.45) is 5.92 Å². The number of hydrogen-bond donors (Lipinski definition) is 1. The number of rotatable bonds is 2. The summed E-state index contributed by atoms with van der Waals surface area (Å²) < 4.78 is 0. The van der Waals surface area contributed by atoms with Gasteiger partial charge in [-0.2, -0.15) is 0 Å². The quantitative estimate of drug-likeness (QED) is 0.833. The summed E-state index contributed by atoms with van der Waals surface area (Å²) in [6.45, 7) is 3.44. The van der Waals surface area contributed by atoms with Crippen molar-refractivity contribution in [3.8, 4) is 0 Å². The Hall–Kier alpha value is -1.16. The monoisotopic (exact) mass is 233 g/mol. The number of aromatic nitrogens is 2. The third-order valence-electron chi connectivity index (χ3n) is 4.19. The molecule has 0 saturated carbocycles. The largest absolute Gasteiger partial charge is 0.394 e. The third kappa shape index (κ3) is 1.71. The minimum atomic E-state index is 0.222. The number of nitrogens with zero attached hydrogens (tertiary/aromatic N) is 3. The fourth-order valence-corrected chi connectivity index (χ4v) is 3.14. The van der Waals surface area contributed by atoms with Crippen molar-refractivity contribution < 1.29 is 5.11 Å². The van der Waals surface area contributed by atoms with Crippen LogP contribution in [0.15, 0.2) is 6.33 Å². The van der Waals surface area contributed by atoms with Crippen LogP contribution in [0.25, 0.3) is 0 Å². The lowest BCUT2D eigenvalue weighted by Crippen LogP contribution is -2.36. The molecule has 1 aliphatic heterocycles. The SMILES string of the molecule is CC1CCN(c2ncnc3c2CCC3)C1CO. The van der Waals surface area contributed by atoms with E-state index in [-0.39, 0.29) is 12.6 Å². The molecule has 2 unspecified atom stereocenters. The molecule has 3 rings (SSSR count). The van der Waals surface area contributed by atoms with E-state index in [0.29, 0.717) is 5.92 Å². The van der Waals surface area contributed by atoms with Gasteiger partial charge in [-0.15, -0.1) is 0 Å². The smallest absolute Gasteiger partial charge is 0.135 e. The van der Waals surface area contributed by atoms with Gasteiger partial charge in [-0.05, 0) is 31.6 Å². The van der Waals surface area contributed by atoms with Crippen LogP contribution in [0.3, 0.4) is 0 Å². The minimum Gasteiger partial charge on any atom is -0.394 e. The van der Waals surface area contributed by atoms with Gasteiger partial charge in [0.1, 0.15) is 12.1 Å². The summed E-state index contributed by atoms with van der Waals surface area (Å²) in [6.07, 6.45) is 6.18. The zero-order chi connectivity index (χ0) is 11.8. The first-order chi connectivity index (χ1) is 8.31. The predicted octanol–water partition coefficient (Wildman–Crippen LogP) is 1.17. The molecular formula is C13H19N3O. The zero-order valence-electron chi connectivity index (χ0n) is 10.3. The molecule has 2 heterocycles. The Bertz CT molecular complexity index is 421. The number of hydrogen-bond acceptors (Lipinski definition) is 4. The van der Waals surface area contributed by atoms with Crippen LogP contribution in [-0.4, -0.2) is 34.3 Å². The molecule has 0 radical (unpaired) electrons. The first-order valence-electron chi connectivity index (χ1n) is 6.51. The van der Waals surface area contributed by atoms with Gasteiger partial charge in [0.2, 0.25) is 0 Å². The lowest BCUT2D eigenvalue weighted by atomic mass is 10.0. The molecule has 1 fully saturated rings. The molecule has 0 bridgehead atoms. The Morgan fingerprint density at radius 3 is 3.12 bits per heavy atom. The first kappa shape index (κ1) is 11.0. The van der Waals surface area contributed by atoms with Crippen molar-refractivity contribution in [3.63, 3.8) is 0 Å². The summed E-state index contributed by atoms with van der Waals surface area (Å²) in [5.74, 6) is 1.63. The highest BCUT2D eigenvalue weighted by Gasteiger charge is 2.33. The molecule has 0 amide bonds. The average molecular weight is 233 g/mol. The van der Waals surface area contributed by atoms with Crippen molar-refractivity contribution in [1.82, 2.24) is 9.97 Å². The van der Waals surface area contributed by atoms with Gasteiger partial charge in [-0.25, -0.2) is 9.97 Å². The second-order valence-electron chi connectivity index (χ2n) is 5.19. The number of aryl methyl sites for hydroxylation is 1. The molecule has 1 N–H and O–H groups in total. The number of fused-ring (bicyclic) bond motifs is 1. The van der Waals surface area contributed by atoms with Crippen LogP contribution in [0.4, 0.5) is 5.82 Å². The maximum absolute atomic E-state index is 9.53. The van der Waals surface area contributed by atoms with E-state index in [1.165, 1.54) is 17.7 Å². The van der Waals surface area contributed by atoms with E-state index in [0.717, 1.165) is 31.6 Å². The molecule has 17 heavy (non-hydrogen) atoms. The van der Waals surface area contributed by atoms with E-state index in [1.54, 1.807) is 6.33 Å². The van der Waals surface area contributed by atoms with Crippen molar-refractivity contribution in [3.05, 3.63) is 17.6 Å². The molecular weight excluding hydrogens is 214 g/mol. The topological polar surface area (TPSA) is 49.2 Å². The lowest BCUT2D eigenvalue weighted by Gasteiger charge is -2.27. The molecule has 2 aliphatic rings. The first-order valence-corrected chi connectivity index (χ1v) is 6.51. The highest BCUT2D eigenvalue weighted by molar-refractivity contribution is 5.52. The Labute approximate surface area is 102 Å². The zero-order valence-corrected chi connectivity index (χ0v) is 10.3. The van der Waals surface area contributed by atoms with Crippen molar-refractivity contribution in [2.75, 3.05) is 18.1 Å². The summed E-state index contributed by atoms with van der Waals surface area (Å²) in [7, 11) is 0. The molecule has 2 atom stereocenters. The second kappa shape index (κ2) is 4.26. The highest BCUT2D eigenvalue weighted by Crippen LogP contribution is 2.34. The van der Waals surface area contributed by atoms with Gasteiger partial charge in [0.05, 0.1) is 12.6 Å². The van der Waals surface area contributed by atoms with Gasteiger partial charge in [0, 0.05) is 17.8 Å². The third-order valence-corrected chi connectivity index (χ3v) is 4.19. The van der Waals surface area contributed by atoms with Gasteiger partial charge in [-0.1, -0.05) is 6.92 Å². The van der Waals surface area contributed by atoms with E-state index in [9.17, 15) is 5.11 Å². The maximum Gasteiger partial charge on any atom is 0.135 e. The Kier molecular flexibility index (Phi) is 2.74. The number of aliphatic hydroxyl groups excluding tert-OH is 1. The van der Waals surface area contributed by atoms with Crippen LogP contribution >= 0.6 is 0 Å². The van der Waals surface area contributed by atoms with E-state index in [2.05, 4.69) is 21.8 Å². The summed E-state index contributed by atoms with van der Waals surface area (Å²) in [5, 5.41) is 9.53. The van der Waals surface area contributed by atoms with Crippen LogP contribution in [0.1, 0.15) is 31.0 Å². The molecule has 92 valence electrons. The van der Waals surface area contributed by atoms with Crippen molar-refractivity contribution in [1.29, 1.82) is 0 Å². The molecule has 4 heteroatoms. The molecule has 1 aliphatic carbocycles. The number of anilines is 1.